The van der Waals surface area contributed by atoms with E-state index in [1.807, 2.05) is 0 Å². The lowest BCUT2D eigenvalue weighted by molar-refractivity contribution is -0.192. The summed E-state index contributed by atoms with van der Waals surface area (Å²) in [4.78, 5) is 19.2. The molecular weight excluding hydrogens is 431 g/mol. The van der Waals surface area contributed by atoms with Crippen LogP contribution in [-0.4, -0.2) is 90.0 Å². The highest BCUT2D eigenvalue weighted by molar-refractivity contribution is 7.91. The number of alkyl halides is 3. The van der Waals surface area contributed by atoms with Gasteiger partial charge in [0.05, 0.1) is 24.2 Å². The van der Waals surface area contributed by atoms with Gasteiger partial charge in [0.15, 0.2) is 9.84 Å². The number of halogens is 3. The molecule has 1 N–H and O–H groups in total. The van der Waals surface area contributed by atoms with Crippen molar-refractivity contribution in [2.24, 2.45) is 0 Å². The third kappa shape index (κ3) is 7.36. The van der Waals surface area contributed by atoms with Gasteiger partial charge in [-0.15, -0.1) is 0 Å². The van der Waals surface area contributed by atoms with E-state index in [2.05, 4.69) is 14.9 Å². The molecule has 1 aromatic rings. The van der Waals surface area contributed by atoms with Crippen LogP contribution >= 0.6 is 0 Å². The van der Waals surface area contributed by atoms with Crippen LogP contribution in [0.3, 0.4) is 0 Å². The van der Waals surface area contributed by atoms with Crippen LogP contribution in [0.5, 0.6) is 5.88 Å². The molecule has 13 heteroatoms. The standard InChI is InChI=1S/C15H23N3O4S.C2HF3O2/c1-2-23(19,20)8-6-18-11-15(12-18)9-13(3-7-21-15)22-14-10-16-4-5-17-14;3-2(4,5)1(6)7/h4-5,10,13H,2-3,6-9,11-12H2,1H3;(H,6,7). The summed E-state index contributed by atoms with van der Waals surface area (Å²) in [7, 11) is -2.91. The van der Waals surface area contributed by atoms with Crippen molar-refractivity contribution in [1.29, 1.82) is 0 Å². The van der Waals surface area contributed by atoms with Crippen molar-refractivity contribution in [2.75, 3.05) is 37.7 Å². The van der Waals surface area contributed by atoms with Gasteiger partial charge >= 0.3 is 12.1 Å². The van der Waals surface area contributed by atoms with Gasteiger partial charge < -0.3 is 14.6 Å². The Morgan fingerprint density at radius 2 is 2.07 bits per heavy atom. The van der Waals surface area contributed by atoms with Gasteiger partial charge in [0.2, 0.25) is 5.88 Å². The van der Waals surface area contributed by atoms with E-state index in [-0.39, 0.29) is 23.2 Å². The fraction of sp³-hybridized carbons (Fsp3) is 0.706. The van der Waals surface area contributed by atoms with Gasteiger partial charge in [0.25, 0.3) is 0 Å². The van der Waals surface area contributed by atoms with Crippen LogP contribution in [0, 0.1) is 0 Å². The molecule has 0 aliphatic carbocycles. The number of hydrogen-bond donors (Lipinski definition) is 1. The summed E-state index contributed by atoms with van der Waals surface area (Å²) in [6, 6.07) is 0. The number of carboxylic acid groups (broad SMARTS) is 1. The van der Waals surface area contributed by atoms with E-state index in [1.165, 1.54) is 0 Å². The van der Waals surface area contributed by atoms with Gasteiger partial charge in [-0.1, -0.05) is 6.92 Å². The minimum Gasteiger partial charge on any atom is -0.475 e. The first-order valence-electron chi connectivity index (χ1n) is 9.24. The van der Waals surface area contributed by atoms with Crippen LogP contribution in [0.1, 0.15) is 19.8 Å². The molecule has 9 nitrogen and oxygen atoms in total. The lowest BCUT2D eigenvalue weighted by Gasteiger charge is -2.53. The number of carboxylic acids is 1. The first-order valence-corrected chi connectivity index (χ1v) is 11.1. The van der Waals surface area contributed by atoms with E-state index in [0.29, 0.717) is 19.0 Å². The fourth-order valence-electron chi connectivity index (χ4n) is 3.16. The second-order valence-corrected chi connectivity index (χ2v) is 9.53. The normalized spacial score (nSPS) is 21.3. The van der Waals surface area contributed by atoms with E-state index in [4.69, 9.17) is 19.4 Å². The minimum absolute atomic E-state index is 0.0713. The molecule has 2 aliphatic rings. The Labute approximate surface area is 172 Å². The van der Waals surface area contributed by atoms with Crippen molar-refractivity contribution >= 4 is 15.8 Å². The predicted molar refractivity (Wildman–Crippen MR) is 98.8 cm³/mol. The molecule has 3 rings (SSSR count). The number of nitrogens with zero attached hydrogens (tertiary/aromatic N) is 3. The molecule has 2 saturated heterocycles. The maximum atomic E-state index is 11.6. The van der Waals surface area contributed by atoms with Crippen molar-refractivity contribution in [2.45, 2.75) is 37.6 Å². The zero-order valence-corrected chi connectivity index (χ0v) is 17.2. The number of ether oxygens (including phenoxy) is 2. The minimum atomic E-state index is -5.08. The molecular formula is C17H24F3N3O6S. The third-order valence-corrected chi connectivity index (χ3v) is 6.38. The Bertz CT molecular complexity index is 801. The van der Waals surface area contributed by atoms with E-state index >= 15 is 0 Å². The van der Waals surface area contributed by atoms with Gasteiger partial charge in [-0.05, 0) is 0 Å². The van der Waals surface area contributed by atoms with Gasteiger partial charge in [0, 0.05) is 50.6 Å². The Kier molecular flexibility index (Phi) is 7.99. The van der Waals surface area contributed by atoms with Crippen molar-refractivity contribution < 1.29 is 41.0 Å². The van der Waals surface area contributed by atoms with Crippen LogP contribution in [0.25, 0.3) is 0 Å². The van der Waals surface area contributed by atoms with Crippen LogP contribution in [0.15, 0.2) is 18.6 Å². The summed E-state index contributed by atoms with van der Waals surface area (Å²) in [5, 5.41) is 7.12. The smallest absolute Gasteiger partial charge is 0.475 e. The van der Waals surface area contributed by atoms with Crippen LogP contribution in [0.4, 0.5) is 13.2 Å². The van der Waals surface area contributed by atoms with E-state index in [1.54, 1.807) is 25.5 Å². The lowest BCUT2D eigenvalue weighted by atomic mass is 9.85. The molecule has 30 heavy (non-hydrogen) atoms. The summed E-state index contributed by atoms with van der Waals surface area (Å²) >= 11 is 0. The molecule has 0 radical (unpaired) electrons. The zero-order valence-electron chi connectivity index (χ0n) is 16.3. The largest absolute Gasteiger partial charge is 0.490 e. The van der Waals surface area contributed by atoms with Gasteiger partial charge in [0.1, 0.15) is 6.10 Å². The molecule has 2 aliphatic heterocycles. The average Bonchev–Trinajstić information content (AvgIpc) is 2.65. The molecule has 0 saturated carbocycles. The highest BCUT2D eigenvalue weighted by Gasteiger charge is 2.48. The second-order valence-electron chi connectivity index (χ2n) is 7.06. The zero-order chi connectivity index (χ0) is 22.4. The average molecular weight is 455 g/mol. The van der Waals surface area contributed by atoms with Crippen LogP contribution in [0.2, 0.25) is 0 Å². The number of aromatic nitrogens is 2. The summed E-state index contributed by atoms with van der Waals surface area (Å²) in [5.41, 5.74) is -0.193. The van der Waals surface area contributed by atoms with E-state index in [9.17, 15) is 21.6 Å². The molecule has 1 aromatic heterocycles. The summed E-state index contributed by atoms with van der Waals surface area (Å²) in [5.74, 6) is -1.79. The van der Waals surface area contributed by atoms with Crippen molar-refractivity contribution in [3.8, 4) is 5.88 Å². The Morgan fingerprint density at radius 1 is 1.40 bits per heavy atom. The number of aliphatic carboxylic acids is 1. The molecule has 0 bridgehead atoms. The summed E-state index contributed by atoms with van der Waals surface area (Å²) in [6.45, 7) is 4.47. The Balaban J connectivity index is 0.000000396. The second kappa shape index (κ2) is 9.88. The fourth-order valence-corrected chi connectivity index (χ4v) is 3.99. The Hall–Kier alpha value is -1.99. The summed E-state index contributed by atoms with van der Waals surface area (Å²) in [6.07, 6.45) is 1.48. The summed E-state index contributed by atoms with van der Waals surface area (Å²) < 4.78 is 66.7. The number of likely N-dealkylation sites (tertiary alicyclic amines) is 1. The molecule has 1 unspecified atom stereocenters. The van der Waals surface area contributed by atoms with Crippen molar-refractivity contribution in [1.82, 2.24) is 14.9 Å². The highest BCUT2D eigenvalue weighted by Crippen LogP contribution is 2.35. The lowest BCUT2D eigenvalue weighted by Crippen LogP contribution is -2.66. The first-order chi connectivity index (χ1) is 13.9. The Morgan fingerprint density at radius 3 is 2.60 bits per heavy atom. The first kappa shape index (κ1) is 24.3. The number of carbonyl (C=O) groups is 1. The quantitative estimate of drug-likeness (QED) is 0.674. The number of rotatable bonds is 6. The van der Waals surface area contributed by atoms with Crippen molar-refractivity contribution in [3.05, 3.63) is 18.6 Å². The van der Waals surface area contributed by atoms with Gasteiger partial charge in [-0.2, -0.15) is 13.2 Å². The number of sulfone groups is 1. The maximum Gasteiger partial charge on any atom is 0.490 e. The maximum absolute atomic E-state index is 11.6. The molecule has 170 valence electrons. The van der Waals surface area contributed by atoms with Crippen molar-refractivity contribution in [3.63, 3.8) is 0 Å². The molecule has 1 atom stereocenters. The molecule has 3 heterocycles. The van der Waals surface area contributed by atoms with Crippen LogP contribution < -0.4 is 4.74 Å². The number of hydrogen-bond acceptors (Lipinski definition) is 8. The van der Waals surface area contributed by atoms with E-state index in [0.717, 1.165) is 25.9 Å². The SMILES string of the molecule is CCS(=O)(=O)CCN1CC2(CC(Oc3cnccn3)CCO2)C1.O=C(O)C(F)(F)F. The monoisotopic (exact) mass is 455 g/mol. The van der Waals surface area contributed by atoms with Crippen LogP contribution in [-0.2, 0) is 19.4 Å². The molecule has 0 aromatic carbocycles. The highest BCUT2D eigenvalue weighted by atomic mass is 32.2. The molecule has 1 spiro atoms. The predicted octanol–water partition coefficient (Wildman–Crippen LogP) is 1.16. The van der Waals surface area contributed by atoms with E-state index < -0.39 is 22.0 Å². The molecule has 0 amide bonds. The topological polar surface area (TPSA) is 119 Å². The molecule has 2 fully saturated rings. The van der Waals surface area contributed by atoms with Gasteiger partial charge in [-0.25, -0.2) is 18.2 Å². The van der Waals surface area contributed by atoms with Gasteiger partial charge in [-0.3, -0.25) is 9.88 Å². The third-order valence-electron chi connectivity index (χ3n) is 4.70.